The number of carbonyl (C=O) groups is 2. The van der Waals surface area contributed by atoms with Crippen LogP contribution in [0.25, 0.3) is 0 Å². The third-order valence-electron chi connectivity index (χ3n) is 3.17. The fourth-order valence-corrected chi connectivity index (χ4v) is 1.85. The summed E-state index contributed by atoms with van der Waals surface area (Å²) in [4.78, 5) is 22.1. The van der Waals surface area contributed by atoms with Crippen molar-refractivity contribution in [1.29, 1.82) is 5.41 Å². The van der Waals surface area contributed by atoms with E-state index in [2.05, 4.69) is 10.6 Å². The highest BCUT2D eigenvalue weighted by Gasteiger charge is 2.13. The number of alkyl carbamates (subject to hydrolysis) is 1. The van der Waals surface area contributed by atoms with Crippen LogP contribution < -0.4 is 10.6 Å². The molecule has 8 nitrogen and oxygen atoms in total. The van der Waals surface area contributed by atoms with E-state index < -0.39 is 23.9 Å². The van der Waals surface area contributed by atoms with Gasteiger partial charge in [0.1, 0.15) is 12.3 Å². The molecule has 8 heteroatoms. The van der Waals surface area contributed by atoms with E-state index in [1.807, 2.05) is 30.3 Å². The third kappa shape index (κ3) is 8.25. The number of nitrogens with one attached hydrogen (secondary N) is 3. The molecule has 0 heterocycles. The smallest absolute Gasteiger partial charge is 0.407 e. The highest BCUT2D eigenvalue weighted by atomic mass is 16.5. The van der Waals surface area contributed by atoms with Gasteiger partial charge in [-0.05, 0) is 12.5 Å². The molecule has 0 aliphatic heterocycles. The number of ether oxygens (including phenoxy) is 1. The minimum Gasteiger partial charge on any atom is -0.477 e. The Morgan fingerprint density at radius 3 is 2.54 bits per heavy atom. The lowest BCUT2D eigenvalue weighted by atomic mass is 10.1. The molecule has 0 radical (unpaired) electrons. The molecule has 1 aromatic rings. The molecule has 0 spiro atoms. The molecule has 0 aliphatic carbocycles. The number of hydrogen-bond donors (Lipinski definition) is 5. The Morgan fingerprint density at radius 1 is 1.25 bits per heavy atom. The van der Waals surface area contributed by atoms with E-state index in [9.17, 15) is 14.7 Å². The molecule has 24 heavy (non-hydrogen) atoms. The summed E-state index contributed by atoms with van der Waals surface area (Å²) in [5, 5.41) is 31.0. The number of carbonyl (C=O) groups excluding carboxylic acids is 1. The average molecular weight is 337 g/mol. The number of amides is 1. The highest BCUT2D eigenvalue weighted by molar-refractivity contribution is 6.34. The summed E-state index contributed by atoms with van der Waals surface area (Å²) >= 11 is 0. The maximum atomic E-state index is 11.5. The van der Waals surface area contributed by atoms with Crippen molar-refractivity contribution in [3.8, 4) is 0 Å². The first kappa shape index (κ1) is 19.6. The van der Waals surface area contributed by atoms with E-state index in [0.717, 1.165) is 5.56 Å². The first-order valence-corrected chi connectivity index (χ1v) is 7.55. The number of hydrogen-bond acceptors (Lipinski definition) is 6. The Balaban J connectivity index is 2.16. The van der Waals surface area contributed by atoms with Crippen molar-refractivity contribution in [2.24, 2.45) is 0 Å². The number of aliphatic carboxylic acids is 1. The Kier molecular flexibility index (Phi) is 8.45. The van der Waals surface area contributed by atoms with Gasteiger partial charge in [-0.25, -0.2) is 9.59 Å². The molecular weight excluding hydrogens is 314 g/mol. The minimum atomic E-state index is -1.26. The SMILES string of the molecule is CC(CC(=N)C(=O)O)NC[C@H](O)CNC(=O)OCc1ccccc1. The van der Waals surface area contributed by atoms with Crippen LogP contribution in [-0.4, -0.2) is 53.2 Å². The summed E-state index contributed by atoms with van der Waals surface area (Å²) in [5.41, 5.74) is 0.469. The summed E-state index contributed by atoms with van der Waals surface area (Å²) in [6, 6.07) is 8.96. The summed E-state index contributed by atoms with van der Waals surface area (Å²) in [7, 11) is 0. The third-order valence-corrected chi connectivity index (χ3v) is 3.17. The van der Waals surface area contributed by atoms with Crippen LogP contribution in [0.5, 0.6) is 0 Å². The standard InChI is InChI=1S/C16H23N3O5/c1-11(7-14(17)15(21)22)18-8-13(20)9-19-16(23)24-10-12-5-3-2-4-6-12/h2-6,11,13,17-18,20H,7-10H2,1H3,(H,19,23)(H,21,22)/t11?,13-/m0/s1. The van der Waals surface area contributed by atoms with E-state index in [4.69, 9.17) is 15.3 Å². The molecule has 132 valence electrons. The van der Waals surface area contributed by atoms with Crippen LogP contribution in [0.15, 0.2) is 30.3 Å². The number of aliphatic hydroxyl groups is 1. The molecule has 1 amide bonds. The maximum Gasteiger partial charge on any atom is 0.407 e. The molecule has 1 rings (SSSR count). The molecule has 0 fully saturated rings. The molecule has 0 aliphatic rings. The normalized spacial score (nSPS) is 12.9. The van der Waals surface area contributed by atoms with Gasteiger partial charge in [-0.3, -0.25) is 5.41 Å². The number of carboxylic acids is 1. The zero-order valence-corrected chi connectivity index (χ0v) is 13.5. The van der Waals surface area contributed by atoms with Crippen molar-refractivity contribution in [1.82, 2.24) is 10.6 Å². The Bertz CT molecular complexity index is 550. The van der Waals surface area contributed by atoms with Crippen LogP contribution in [0.2, 0.25) is 0 Å². The summed E-state index contributed by atoms with van der Waals surface area (Å²) < 4.78 is 5.01. The van der Waals surface area contributed by atoms with Gasteiger partial charge in [0.05, 0.1) is 6.10 Å². The molecule has 0 saturated carbocycles. The lowest BCUT2D eigenvalue weighted by Gasteiger charge is -2.17. The van der Waals surface area contributed by atoms with Crippen molar-refractivity contribution in [3.63, 3.8) is 0 Å². The topological polar surface area (TPSA) is 132 Å². The molecule has 0 aromatic heterocycles. The van der Waals surface area contributed by atoms with Crippen molar-refractivity contribution in [2.45, 2.75) is 32.1 Å². The van der Waals surface area contributed by atoms with Crippen LogP contribution in [0, 0.1) is 5.41 Å². The Hall–Kier alpha value is -2.45. The molecule has 2 atom stereocenters. The predicted octanol–water partition coefficient (Wildman–Crippen LogP) is 0.746. The van der Waals surface area contributed by atoms with Gasteiger partial charge in [-0.1, -0.05) is 30.3 Å². The van der Waals surface area contributed by atoms with Crippen LogP contribution in [-0.2, 0) is 16.1 Å². The van der Waals surface area contributed by atoms with Gasteiger partial charge in [0, 0.05) is 25.6 Å². The largest absolute Gasteiger partial charge is 0.477 e. The first-order chi connectivity index (χ1) is 11.4. The summed E-state index contributed by atoms with van der Waals surface area (Å²) in [6.07, 6.45) is -1.43. The lowest BCUT2D eigenvalue weighted by Crippen LogP contribution is -2.41. The van der Waals surface area contributed by atoms with Gasteiger partial charge in [-0.15, -0.1) is 0 Å². The van der Waals surface area contributed by atoms with Crippen molar-refractivity contribution in [3.05, 3.63) is 35.9 Å². The Morgan fingerprint density at radius 2 is 1.92 bits per heavy atom. The minimum absolute atomic E-state index is 0.00369. The van der Waals surface area contributed by atoms with Crippen LogP contribution >= 0.6 is 0 Å². The van der Waals surface area contributed by atoms with E-state index in [1.165, 1.54) is 0 Å². The average Bonchev–Trinajstić information content (AvgIpc) is 2.57. The van der Waals surface area contributed by atoms with E-state index >= 15 is 0 Å². The maximum absolute atomic E-state index is 11.5. The highest BCUT2D eigenvalue weighted by Crippen LogP contribution is 2.00. The molecule has 0 bridgehead atoms. The molecule has 0 saturated heterocycles. The van der Waals surface area contributed by atoms with E-state index in [-0.39, 0.29) is 32.2 Å². The second-order valence-corrected chi connectivity index (χ2v) is 5.39. The zero-order valence-electron chi connectivity index (χ0n) is 13.5. The van der Waals surface area contributed by atoms with Gasteiger partial charge < -0.3 is 25.6 Å². The number of rotatable bonds is 10. The first-order valence-electron chi connectivity index (χ1n) is 7.55. The lowest BCUT2D eigenvalue weighted by molar-refractivity contribution is -0.129. The van der Waals surface area contributed by atoms with Gasteiger partial charge >= 0.3 is 12.1 Å². The molecular formula is C16H23N3O5. The quantitative estimate of drug-likeness (QED) is 0.400. The monoisotopic (exact) mass is 337 g/mol. The van der Waals surface area contributed by atoms with E-state index in [1.54, 1.807) is 6.92 Å². The second kappa shape index (κ2) is 10.3. The number of benzene rings is 1. The number of carboxylic acid groups (broad SMARTS) is 1. The van der Waals surface area contributed by atoms with Crippen molar-refractivity contribution in [2.75, 3.05) is 13.1 Å². The fourth-order valence-electron chi connectivity index (χ4n) is 1.85. The fraction of sp³-hybridized carbons (Fsp3) is 0.438. The second-order valence-electron chi connectivity index (χ2n) is 5.39. The summed E-state index contributed by atoms with van der Waals surface area (Å²) in [6.45, 7) is 2.03. The van der Waals surface area contributed by atoms with Gasteiger partial charge in [0.2, 0.25) is 0 Å². The van der Waals surface area contributed by atoms with Gasteiger partial charge in [-0.2, -0.15) is 0 Å². The molecule has 1 unspecified atom stereocenters. The van der Waals surface area contributed by atoms with Crippen molar-refractivity contribution < 1.29 is 24.5 Å². The number of aliphatic hydroxyl groups excluding tert-OH is 1. The Labute approximate surface area is 140 Å². The van der Waals surface area contributed by atoms with Gasteiger partial charge in [0.25, 0.3) is 0 Å². The van der Waals surface area contributed by atoms with Gasteiger partial charge in [0.15, 0.2) is 0 Å². The van der Waals surface area contributed by atoms with Crippen LogP contribution in [0.3, 0.4) is 0 Å². The van der Waals surface area contributed by atoms with Crippen LogP contribution in [0.1, 0.15) is 18.9 Å². The predicted molar refractivity (Wildman–Crippen MR) is 88.1 cm³/mol. The zero-order chi connectivity index (χ0) is 17.9. The molecule has 1 aromatic carbocycles. The molecule has 5 N–H and O–H groups in total. The van der Waals surface area contributed by atoms with Crippen LogP contribution in [0.4, 0.5) is 4.79 Å². The van der Waals surface area contributed by atoms with Crippen molar-refractivity contribution >= 4 is 17.8 Å². The van der Waals surface area contributed by atoms with E-state index in [0.29, 0.717) is 0 Å². The summed E-state index contributed by atoms with van der Waals surface area (Å²) in [5.74, 6) is -1.26.